The molecule has 2 N–H and O–H groups in total. The zero-order valence-electron chi connectivity index (χ0n) is 17.0. The average Bonchev–Trinajstić information content (AvgIpc) is 2.76. The summed E-state index contributed by atoms with van der Waals surface area (Å²) in [5, 5.41) is 3.08. The molecule has 7 nitrogen and oxygen atoms in total. The number of carbonyl (C=O) groups is 2. The van der Waals surface area contributed by atoms with Gasteiger partial charge in [0.2, 0.25) is 10.0 Å². The molecule has 0 aliphatic carbocycles. The molecule has 0 saturated heterocycles. The first kappa shape index (κ1) is 25.2. The van der Waals surface area contributed by atoms with Crippen LogP contribution in [0, 0.1) is 0 Å². The number of sulfonamides is 1. The highest BCUT2D eigenvalue weighted by Crippen LogP contribution is 2.15. The van der Waals surface area contributed by atoms with Gasteiger partial charge in [-0.25, -0.2) is 8.42 Å². The van der Waals surface area contributed by atoms with Crippen LogP contribution in [0.25, 0.3) is 0 Å². The molecule has 0 aliphatic heterocycles. The second kappa shape index (κ2) is 12.7. The molecule has 2 rings (SSSR count). The molecule has 1 atom stereocenters. The van der Waals surface area contributed by atoms with Crippen LogP contribution in [0.3, 0.4) is 0 Å². The third-order valence-corrected chi connectivity index (χ3v) is 6.62. The molecule has 10 heteroatoms. The van der Waals surface area contributed by atoms with Gasteiger partial charge in [-0.05, 0) is 54.7 Å². The van der Waals surface area contributed by atoms with Crippen LogP contribution < -0.4 is 10.0 Å². The van der Waals surface area contributed by atoms with Gasteiger partial charge >= 0.3 is 5.97 Å². The molecule has 0 saturated carbocycles. The van der Waals surface area contributed by atoms with Crippen LogP contribution in [-0.2, 0) is 30.8 Å². The molecule has 0 spiro atoms. The zero-order valence-corrected chi connectivity index (χ0v) is 19.4. The third kappa shape index (κ3) is 8.90. The van der Waals surface area contributed by atoms with E-state index < -0.39 is 34.5 Å². The van der Waals surface area contributed by atoms with Gasteiger partial charge in [-0.2, -0.15) is 16.5 Å². The van der Waals surface area contributed by atoms with E-state index in [-0.39, 0.29) is 11.3 Å². The molecule has 2 aromatic carbocycles. The third-order valence-electron chi connectivity index (χ3n) is 4.24. The van der Waals surface area contributed by atoms with Gasteiger partial charge in [0.15, 0.2) is 6.61 Å². The number of amides is 1. The van der Waals surface area contributed by atoms with Crippen LogP contribution >= 0.6 is 23.4 Å². The topological polar surface area (TPSA) is 102 Å². The number of halogens is 1. The Hall–Kier alpha value is -2.07. The number of esters is 1. The molecule has 0 heterocycles. The molecule has 0 aliphatic rings. The maximum Gasteiger partial charge on any atom is 0.324 e. The van der Waals surface area contributed by atoms with Crippen molar-refractivity contribution in [2.75, 3.05) is 25.2 Å². The van der Waals surface area contributed by atoms with Crippen molar-refractivity contribution in [3.63, 3.8) is 0 Å². The normalized spacial score (nSPS) is 12.2. The van der Waals surface area contributed by atoms with E-state index in [1.54, 1.807) is 0 Å². The van der Waals surface area contributed by atoms with Crippen molar-refractivity contribution < 1.29 is 22.7 Å². The summed E-state index contributed by atoms with van der Waals surface area (Å²) in [5.74, 6) is -0.718. The van der Waals surface area contributed by atoms with Crippen LogP contribution in [0.15, 0.2) is 59.5 Å². The van der Waals surface area contributed by atoms with Gasteiger partial charge in [0, 0.05) is 11.6 Å². The molecule has 1 unspecified atom stereocenters. The lowest BCUT2D eigenvalue weighted by atomic mass is 10.1. The molecule has 0 bridgehead atoms. The van der Waals surface area contributed by atoms with Gasteiger partial charge < -0.3 is 10.1 Å². The summed E-state index contributed by atoms with van der Waals surface area (Å²) < 4.78 is 32.6. The van der Waals surface area contributed by atoms with Crippen LogP contribution in [0.2, 0.25) is 5.02 Å². The van der Waals surface area contributed by atoms with Gasteiger partial charge in [-0.1, -0.05) is 41.9 Å². The highest BCUT2D eigenvalue weighted by molar-refractivity contribution is 7.98. The van der Waals surface area contributed by atoms with Crippen molar-refractivity contribution in [2.24, 2.45) is 0 Å². The Morgan fingerprint density at radius 3 is 2.42 bits per heavy atom. The second-order valence-electron chi connectivity index (χ2n) is 6.60. The van der Waals surface area contributed by atoms with Gasteiger partial charge in [-0.15, -0.1) is 0 Å². The lowest BCUT2D eigenvalue weighted by molar-refractivity contribution is -0.150. The Balaban J connectivity index is 1.88. The van der Waals surface area contributed by atoms with Crippen LogP contribution in [-0.4, -0.2) is 51.5 Å². The standard InChI is InChI=1S/C21H25ClN2O5S2/c1-30-14-12-19(24-31(27,28)18-9-7-17(22)8-10-18)21(26)29-15-20(25)23-13-11-16-5-3-2-4-6-16/h2-10,19,24H,11-15H2,1H3,(H,23,25). The fourth-order valence-electron chi connectivity index (χ4n) is 2.61. The number of hydrogen-bond donors (Lipinski definition) is 2. The first-order valence-electron chi connectivity index (χ1n) is 9.56. The van der Waals surface area contributed by atoms with Crippen molar-refractivity contribution in [3.8, 4) is 0 Å². The van der Waals surface area contributed by atoms with Crippen molar-refractivity contribution in [1.29, 1.82) is 0 Å². The number of hydrogen-bond acceptors (Lipinski definition) is 6. The summed E-state index contributed by atoms with van der Waals surface area (Å²) in [7, 11) is -3.95. The molecular weight excluding hydrogens is 460 g/mol. The number of thioether (sulfide) groups is 1. The fourth-order valence-corrected chi connectivity index (χ4v) is 4.43. The van der Waals surface area contributed by atoms with Crippen molar-refractivity contribution in [1.82, 2.24) is 10.0 Å². The average molecular weight is 485 g/mol. The van der Waals surface area contributed by atoms with E-state index in [9.17, 15) is 18.0 Å². The van der Waals surface area contributed by atoms with Crippen LogP contribution in [0.5, 0.6) is 0 Å². The minimum atomic E-state index is -3.95. The summed E-state index contributed by atoms with van der Waals surface area (Å²) >= 11 is 7.26. The van der Waals surface area contributed by atoms with Crippen LogP contribution in [0.1, 0.15) is 12.0 Å². The maximum absolute atomic E-state index is 12.6. The minimum absolute atomic E-state index is 0.0162. The van der Waals surface area contributed by atoms with E-state index >= 15 is 0 Å². The zero-order chi connectivity index (χ0) is 22.7. The molecule has 1 amide bonds. The summed E-state index contributed by atoms with van der Waals surface area (Å²) in [6.45, 7) is -0.0778. The highest BCUT2D eigenvalue weighted by atomic mass is 35.5. The lowest BCUT2D eigenvalue weighted by Crippen LogP contribution is -2.43. The van der Waals surface area contributed by atoms with E-state index in [4.69, 9.17) is 16.3 Å². The molecule has 0 radical (unpaired) electrons. The van der Waals surface area contributed by atoms with Gasteiger partial charge in [0.1, 0.15) is 6.04 Å². The smallest absolute Gasteiger partial charge is 0.324 e. The summed E-state index contributed by atoms with van der Waals surface area (Å²) in [6.07, 6.45) is 2.72. The Kier molecular flexibility index (Phi) is 10.3. The Labute approximate surface area is 191 Å². The van der Waals surface area contributed by atoms with E-state index in [2.05, 4.69) is 10.0 Å². The van der Waals surface area contributed by atoms with Crippen molar-refractivity contribution in [2.45, 2.75) is 23.8 Å². The number of rotatable bonds is 12. The number of carbonyl (C=O) groups excluding carboxylic acids is 2. The van der Waals surface area contributed by atoms with Gasteiger partial charge in [0.05, 0.1) is 4.90 Å². The van der Waals surface area contributed by atoms with Gasteiger partial charge in [0.25, 0.3) is 5.91 Å². The van der Waals surface area contributed by atoms with Crippen LogP contribution in [0.4, 0.5) is 0 Å². The molecule has 31 heavy (non-hydrogen) atoms. The first-order chi connectivity index (χ1) is 14.8. The van der Waals surface area contributed by atoms with Crippen molar-refractivity contribution in [3.05, 3.63) is 65.2 Å². The molecule has 0 aromatic heterocycles. The van der Waals surface area contributed by atoms with E-state index in [1.165, 1.54) is 36.0 Å². The molecule has 168 valence electrons. The van der Waals surface area contributed by atoms with E-state index in [0.717, 1.165) is 5.56 Å². The second-order valence-corrected chi connectivity index (χ2v) is 9.74. The fraction of sp³-hybridized carbons (Fsp3) is 0.333. The van der Waals surface area contributed by atoms with Gasteiger partial charge in [-0.3, -0.25) is 9.59 Å². The SMILES string of the molecule is CSCCC(NS(=O)(=O)c1ccc(Cl)cc1)C(=O)OCC(=O)NCCc1ccccc1. The summed E-state index contributed by atoms with van der Waals surface area (Å²) in [4.78, 5) is 24.4. The monoisotopic (exact) mass is 484 g/mol. The molecule has 0 fully saturated rings. The van der Waals surface area contributed by atoms with E-state index in [0.29, 0.717) is 23.7 Å². The highest BCUT2D eigenvalue weighted by Gasteiger charge is 2.27. The Morgan fingerprint density at radius 2 is 1.77 bits per heavy atom. The molecule has 2 aromatic rings. The Morgan fingerprint density at radius 1 is 1.10 bits per heavy atom. The Bertz CT molecular complexity index is 953. The minimum Gasteiger partial charge on any atom is -0.454 e. The number of ether oxygens (including phenoxy) is 1. The predicted octanol–water partition coefficient (Wildman–Crippen LogP) is 2.64. The number of benzene rings is 2. The molecular formula is C21H25ClN2O5S2. The van der Waals surface area contributed by atoms with Crippen molar-refractivity contribution >= 4 is 45.3 Å². The summed E-state index contributed by atoms with van der Waals surface area (Å²) in [5.41, 5.74) is 1.08. The lowest BCUT2D eigenvalue weighted by Gasteiger charge is -2.17. The predicted molar refractivity (Wildman–Crippen MR) is 123 cm³/mol. The number of nitrogens with one attached hydrogen (secondary N) is 2. The summed E-state index contributed by atoms with van der Waals surface area (Å²) in [6, 6.07) is 14.1. The first-order valence-corrected chi connectivity index (χ1v) is 12.8. The van der Waals surface area contributed by atoms with E-state index in [1.807, 2.05) is 36.6 Å². The largest absolute Gasteiger partial charge is 0.454 e. The maximum atomic E-state index is 12.6. The quantitative estimate of drug-likeness (QED) is 0.449.